The summed E-state index contributed by atoms with van der Waals surface area (Å²) in [6.45, 7) is 0.366. The van der Waals surface area contributed by atoms with Crippen molar-refractivity contribution in [3.05, 3.63) is 75.3 Å². The first kappa shape index (κ1) is 19.1. The number of aromatic amines is 2. The van der Waals surface area contributed by atoms with E-state index in [1.807, 2.05) is 48.0 Å². The Bertz CT molecular complexity index is 1920. The van der Waals surface area contributed by atoms with Crippen LogP contribution in [0.25, 0.3) is 43.2 Å². The molecule has 11 heteroatoms. The SMILES string of the molecule is Cn1c2nc(Cc3cccc4[nH]nnc34)sc2c2cnn(Cc3cccc4[nH]ncc34)c(=O)c21. The number of hydrogen-bond donors (Lipinski definition) is 2. The minimum Gasteiger partial charge on any atom is -0.323 e. The van der Waals surface area contributed by atoms with E-state index in [9.17, 15) is 4.79 Å². The molecule has 0 aliphatic rings. The van der Waals surface area contributed by atoms with Gasteiger partial charge >= 0.3 is 0 Å². The maximum atomic E-state index is 13.4. The lowest BCUT2D eigenvalue weighted by Gasteiger charge is -2.07. The highest BCUT2D eigenvalue weighted by Crippen LogP contribution is 2.32. The summed E-state index contributed by atoms with van der Waals surface area (Å²) in [6, 6.07) is 11.9. The van der Waals surface area contributed by atoms with Crippen LogP contribution in [-0.4, -0.2) is 44.9 Å². The van der Waals surface area contributed by atoms with Gasteiger partial charge in [0.25, 0.3) is 5.56 Å². The van der Waals surface area contributed by atoms with Crippen molar-refractivity contribution >= 4 is 54.5 Å². The standard InChI is InChI=1S/C23H17N9OS/c1-31-20-15(10-25-32(23(20)33)11-13-5-3-6-16-14(13)9-24-27-16)21-22(31)26-18(34-21)8-12-4-2-7-17-19(12)29-30-28-17/h2-7,9-10H,8,11H2,1H3,(H,24,27)(H,28,29,30). The quantitative estimate of drug-likeness (QED) is 0.410. The molecular formula is C23H17N9OS. The first-order valence-corrected chi connectivity index (χ1v) is 11.5. The van der Waals surface area contributed by atoms with Gasteiger partial charge in [0, 0.05) is 24.2 Å². The summed E-state index contributed by atoms with van der Waals surface area (Å²) >= 11 is 1.58. The number of benzene rings is 2. The number of thiazole rings is 1. The van der Waals surface area contributed by atoms with E-state index in [2.05, 4.69) is 30.7 Å². The van der Waals surface area contributed by atoms with E-state index in [1.165, 1.54) is 4.68 Å². The van der Waals surface area contributed by atoms with Crippen LogP contribution in [-0.2, 0) is 20.0 Å². The zero-order chi connectivity index (χ0) is 22.8. The van der Waals surface area contributed by atoms with Crippen LogP contribution >= 0.6 is 11.3 Å². The van der Waals surface area contributed by atoms with Crippen molar-refractivity contribution in [1.82, 2.24) is 44.9 Å². The fourth-order valence-electron chi connectivity index (χ4n) is 4.58. The van der Waals surface area contributed by atoms with Crippen LogP contribution in [0, 0.1) is 0 Å². The predicted molar refractivity (Wildman–Crippen MR) is 130 cm³/mol. The topological polar surface area (TPSA) is 123 Å². The average molecular weight is 468 g/mol. The molecule has 7 aromatic rings. The normalized spacial score (nSPS) is 12.0. The van der Waals surface area contributed by atoms with Crippen LogP contribution in [0.15, 0.2) is 53.6 Å². The lowest BCUT2D eigenvalue weighted by atomic mass is 10.1. The maximum absolute atomic E-state index is 13.4. The van der Waals surface area contributed by atoms with Gasteiger partial charge in [0.1, 0.15) is 16.0 Å². The molecular weight excluding hydrogens is 450 g/mol. The zero-order valence-corrected chi connectivity index (χ0v) is 18.8. The molecule has 166 valence electrons. The van der Waals surface area contributed by atoms with Crippen molar-refractivity contribution in [2.45, 2.75) is 13.0 Å². The van der Waals surface area contributed by atoms with Gasteiger partial charge in [0.05, 0.1) is 34.7 Å². The molecule has 10 nitrogen and oxygen atoms in total. The lowest BCUT2D eigenvalue weighted by Crippen LogP contribution is -2.24. The highest BCUT2D eigenvalue weighted by atomic mass is 32.1. The molecule has 2 N–H and O–H groups in total. The van der Waals surface area contributed by atoms with Crippen LogP contribution in [0.1, 0.15) is 16.1 Å². The first-order chi connectivity index (χ1) is 16.7. The van der Waals surface area contributed by atoms with Crippen molar-refractivity contribution in [1.29, 1.82) is 0 Å². The Morgan fingerprint density at radius 3 is 2.76 bits per heavy atom. The molecule has 0 amide bonds. The van der Waals surface area contributed by atoms with Crippen LogP contribution in [0.5, 0.6) is 0 Å². The highest BCUT2D eigenvalue weighted by Gasteiger charge is 2.19. The molecule has 0 unspecified atom stereocenters. The predicted octanol–water partition coefficient (Wildman–Crippen LogP) is 3.13. The Hall–Kier alpha value is -4.38. The van der Waals surface area contributed by atoms with E-state index in [1.54, 1.807) is 23.7 Å². The third kappa shape index (κ3) is 2.73. The highest BCUT2D eigenvalue weighted by molar-refractivity contribution is 7.19. The van der Waals surface area contributed by atoms with Gasteiger partial charge < -0.3 is 4.57 Å². The third-order valence-corrected chi connectivity index (χ3v) is 7.32. The average Bonchev–Trinajstić information content (AvgIpc) is 3.62. The van der Waals surface area contributed by atoms with Gasteiger partial charge in [-0.3, -0.25) is 15.0 Å². The molecule has 0 saturated carbocycles. The summed E-state index contributed by atoms with van der Waals surface area (Å²) in [6.07, 6.45) is 4.19. The van der Waals surface area contributed by atoms with Gasteiger partial charge in [-0.25, -0.2) is 9.67 Å². The minimum absolute atomic E-state index is 0.139. The molecule has 5 aromatic heterocycles. The molecule has 2 aromatic carbocycles. The monoisotopic (exact) mass is 467 g/mol. The number of hydrogen-bond acceptors (Lipinski definition) is 7. The lowest BCUT2D eigenvalue weighted by molar-refractivity contribution is 0.647. The first-order valence-electron chi connectivity index (χ1n) is 10.7. The Morgan fingerprint density at radius 2 is 1.85 bits per heavy atom. The van der Waals surface area contributed by atoms with Gasteiger partial charge in [0.2, 0.25) is 0 Å². The largest absolute Gasteiger partial charge is 0.323 e. The van der Waals surface area contributed by atoms with Crippen molar-refractivity contribution in [3.63, 3.8) is 0 Å². The molecule has 0 aliphatic heterocycles. The molecule has 0 bridgehead atoms. The number of aryl methyl sites for hydroxylation is 1. The van der Waals surface area contributed by atoms with E-state index in [4.69, 9.17) is 4.98 Å². The van der Waals surface area contributed by atoms with Crippen LogP contribution in [0.4, 0.5) is 0 Å². The Kier molecular flexibility index (Phi) is 3.97. The van der Waals surface area contributed by atoms with E-state index >= 15 is 0 Å². The summed E-state index contributed by atoms with van der Waals surface area (Å²) in [7, 11) is 1.88. The molecule has 7 rings (SSSR count). The Morgan fingerprint density at radius 1 is 1.00 bits per heavy atom. The number of rotatable bonds is 4. The summed E-state index contributed by atoms with van der Waals surface area (Å²) < 4.78 is 4.34. The third-order valence-electron chi connectivity index (χ3n) is 6.25. The molecule has 0 radical (unpaired) electrons. The summed E-state index contributed by atoms with van der Waals surface area (Å²) in [5.41, 5.74) is 5.98. The van der Waals surface area contributed by atoms with E-state index in [-0.39, 0.29) is 5.56 Å². The van der Waals surface area contributed by atoms with E-state index in [0.29, 0.717) is 18.5 Å². The molecule has 5 heterocycles. The summed E-state index contributed by atoms with van der Waals surface area (Å²) in [5.74, 6) is 0. The smallest absolute Gasteiger partial charge is 0.291 e. The fourth-order valence-corrected chi connectivity index (χ4v) is 5.71. The second kappa shape index (κ2) is 7.06. The molecule has 0 spiro atoms. The van der Waals surface area contributed by atoms with Gasteiger partial charge in [0.15, 0.2) is 5.65 Å². The number of fused-ring (bicyclic) bond motifs is 5. The van der Waals surface area contributed by atoms with E-state index in [0.717, 1.165) is 53.8 Å². The second-order valence-electron chi connectivity index (χ2n) is 8.24. The molecule has 0 saturated heterocycles. The van der Waals surface area contributed by atoms with Gasteiger partial charge in [-0.05, 0) is 23.3 Å². The number of nitrogens with one attached hydrogen (secondary N) is 2. The number of nitrogens with zero attached hydrogens (tertiary/aromatic N) is 7. The Labute approximate surface area is 194 Å². The van der Waals surface area contributed by atoms with Crippen molar-refractivity contribution < 1.29 is 0 Å². The number of H-pyrrole nitrogens is 2. The molecule has 34 heavy (non-hydrogen) atoms. The minimum atomic E-state index is -0.139. The Balaban J connectivity index is 1.31. The van der Waals surface area contributed by atoms with Gasteiger partial charge in [-0.2, -0.15) is 10.2 Å². The molecule has 0 aliphatic carbocycles. The van der Waals surface area contributed by atoms with Crippen LogP contribution in [0.3, 0.4) is 0 Å². The van der Waals surface area contributed by atoms with Gasteiger partial charge in [-0.1, -0.05) is 29.5 Å². The zero-order valence-electron chi connectivity index (χ0n) is 18.0. The maximum Gasteiger partial charge on any atom is 0.291 e. The second-order valence-corrected chi connectivity index (χ2v) is 9.32. The fraction of sp³-hybridized carbons (Fsp3) is 0.130. The molecule has 0 atom stereocenters. The van der Waals surface area contributed by atoms with Gasteiger partial charge in [-0.15, -0.1) is 16.4 Å². The van der Waals surface area contributed by atoms with Crippen LogP contribution < -0.4 is 5.56 Å². The van der Waals surface area contributed by atoms with E-state index < -0.39 is 0 Å². The van der Waals surface area contributed by atoms with Crippen molar-refractivity contribution in [3.8, 4) is 0 Å². The number of aromatic nitrogens is 9. The summed E-state index contributed by atoms with van der Waals surface area (Å²) in [5, 5.41) is 25.3. The van der Waals surface area contributed by atoms with Crippen molar-refractivity contribution in [2.75, 3.05) is 0 Å². The van der Waals surface area contributed by atoms with Crippen LogP contribution in [0.2, 0.25) is 0 Å². The molecule has 0 fully saturated rings. The van der Waals surface area contributed by atoms with Crippen molar-refractivity contribution in [2.24, 2.45) is 7.05 Å². The summed E-state index contributed by atoms with van der Waals surface area (Å²) in [4.78, 5) is 18.3.